The molecule has 0 N–H and O–H groups in total. The van der Waals surface area contributed by atoms with Gasteiger partial charge in [-0.05, 0) is 32.0 Å². The van der Waals surface area contributed by atoms with Crippen molar-refractivity contribution in [3.63, 3.8) is 0 Å². The molecule has 3 aromatic rings. The van der Waals surface area contributed by atoms with Crippen LogP contribution in [0.1, 0.15) is 49.3 Å². The average Bonchev–Trinajstić information content (AvgIpc) is 3.31. The van der Waals surface area contributed by atoms with E-state index in [1.165, 1.54) is 7.11 Å². The normalized spacial score (nSPS) is 11.0. The van der Waals surface area contributed by atoms with Gasteiger partial charge in [0.1, 0.15) is 17.1 Å². The fourth-order valence-corrected chi connectivity index (χ4v) is 4.54. The quantitative estimate of drug-likeness (QED) is 0.225. The summed E-state index contributed by atoms with van der Waals surface area (Å²) in [6, 6.07) is 23.4. The number of carbonyl (C=O) groups is 3. The number of para-hydroxylation sites is 1. The van der Waals surface area contributed by atoms with Gasteiger partial charge >= 0.3 is 11.9 Å². The molecule has 2 heterocycles. The van der Waals surface area contributed by atoms with Gasteiger partial charge in [-0.25, -0.2) is 14.6 Å². The van der Waals surface area contributed by atoms with Gasteiger partial charge in [-0.3, -0.25) is 9.36 Å². The highest BCUT2D eigenvalue weighted by atomic mass is 16.5. The van der Waals surface area contributed by atoms with Gasteiger partial charge in [-0.1, -0.05) is 66.2 Å². The Morgan fingerprint density at radius 3 is 2.19 bits per heavy atom. The Morgan fingerprint density at radius 1 is 0.838 bits per heavy atom. The Morgan fingerprint density at radius 2 is 1.51 bits per heavy atom. The molecule has 0 saturated carbocycles. The number of ether oxygens (including phenoxy) is 2. The van der Waals surface area contributed by atoms with E-state index in [1.807, 2.05) is 55.5 Å². The second kappa shape index (κ2) is 9.70. The minimum atomic E-state index is -0.824. The van der Waals surface area contributed by atoms with Crippen LogP contribution < -0.4 is 0 Å². The lowest BCUT2D eigenvalue weighted by atomic mass is 9.90. The monoisotopic (exact) mass is 492 g/mol. The molecule has 0 spiro atoms. The first-order valence-corrected chi connectivity index (χ1v) is 11.9. The number of fused-ring (bicyclic) bond motifs is 3. The second-order valence-corrected chi connectivity index (χ2v) is 8.50. The molecule has 184 valence electrons. The number of esters is 2. The van der Waals surface area contributed by atoms with Crippen LogP contribution in [0.5, 0.6) is 0 Å². The number of nitrogens with zero attached hydrogens (tertiary/aromatic N) is 2. The van der Waals surface area contributed by atoms with Crippen molar-refractivity contribution in [1.82, 2.24) is 9.55 Å². The van der Waals surface area contributed by atoms with Gasteiger partial charge in [0, 0.05) is 22.2 Å². The largest absolute Gasteiger partial charge is 0.465 e. The summed E-state index contributed by atoms with van der Waals surface area (Å²) in [5, 5.41) is 0.679. The summed E-state index contributed by atoms with van der Waals surface area (Å²) in [6.45, 7) is 3.70. The number of ketones is 1. The molecule has 37 heavy (non-hydrogen) atoms. The highest BCUT2D eigenvalue weighted by Crippen LogP contribution is 2.41. The highest BCUT2D eigenvalue weighted by Gasteiger charge is 2.37. The molecule has 7 nitrogen and oxygen atoms in total. The number of methoxy groups -OCH3 is 1. The van der Waals surface area contributed by atoms with E-state index in [-0.39, 0.29) is 23.4 Å². The lowest BCUT2D eigenvalue weighted by Crippen LogP contribution is -2.26. The summed E-state index contributed by atoms with van der Waals surface area (Å²) in [5.74, 6) is -1.65. The average molecular weight is 493 g/mol. The van der Waals surface area contributed by atoms with Crippen LogP contribution in [-0.4, -0.2) is 41.0 Å². The van der Waals surface area contributed by atoms with Crippen molar-refractivity contribution < 1.29 is 23.9 Å². The zero-order chi connectivity index (χ0) is 26.1. The Hall–Kier alpha value is -4.78. The molecule has 2 aliphatic rings. The third-order valence-electron chi connectivity index (χ3n) is 6.21. The van der Waals surface area contributed by atoms with E-state index >= 15 is 0 Å². The number of pyridine rings is 1. The van der Waals surface area contributed by atoms with Crippen LogP contribution in [0.3, 0.4) is 0 Å². The molecular formula is C30H24N2O5. The third kappa shape index (κ3) is 4.04. The van der Waals surface area contributed by atoms with E-state index in [0.29, 0.717) is 33.5 Å². The Labute approximate surface area is 213 Å². The first kappa shape index (κ1) is 23.9. The van der Waals surface area contributed by atoms with Gasteiger partial charge in [-0.15, -0.1) is 0 Å². The number of aryl methyl sites for hydroxylation is 1. The zero-order valence-electron chi connectivity index (χ0n) is 20.6. The van der Waals surface area contributed by atoms with Crippen molar-refractivity contribution in [2.24, 2.45) is 0 Å². The predicted octanol–water partition coefficient (Wildman–Crippen LogP) is 5.63. The topological polar surface area (TPSA) is 87.5 Å². The summed E-state index contributed by atoms with van der Waals surface area (Å²) in [6.07, 6.45) is 0. The van der Waals surface area contributed by atoms with Crippen LogP contribution >= 0.6 is 0 Å². The van der Waals surface area contributed by atoms with E-state index in [0.717, 1.165) is 5.56 Å². The SMILES string of the molecule is CCOC(=O)c1c(C(=O)OC)c(C(=O)c2ccccc2)c2c3ccccc3nc-2n1-c1ccc(C)cc1. The summed E-state index contributed by atoms with van der Waals surface area (Å²) in [7, 11) is 1.22. The molecule has 7 heteroatoms. The van der Waals surface area contributed by atoms with E-state index in [2.05, 4.69) is 0 Å². The standard InChI is InChI=1S/C30H24N2O5/c1-4-37-30(35)26-25(29(34)36-3)24(27(33)19-10-6-5-7-11-19)23-21-12-8-9-13-22(21)31-28(23)32(26)20-16-14-18(2)15-17-20/h5-17H,4H2,1-3H3. The predicted molar refractivity (Wildman–Crippen MR) is 140 cm³/mol. The third-order valence-corrected chi connectivity index (χ3v) is 6.21. The first-order chi connectivity index (χ1) is 18.0. The Kier molecular flexibility index (Phi) is 6.27. The number of carbonyl (C=O) groups excluding carboxylic acids is 3. The molecule has 0 amide bonds. The molecule has 5 rings (SSSR count). The van der Waals surface area contributed by atoms with Crippen LogP contribution in [0.25, 0.3) is 28.0 Å². The Balaban J connectivity index is 2.03. The smallest absolute Gasteiger partial charge is 0.356 e. The fourth-order valence-electron chi connectivity index (χ4n) is 4.54. The number of aromatic nitrogens is 2. The molecule has 0 atom stereocenters. The van der Waals surface area contributed by atoms with E-state index in [1.54, 1.807) is 41.8 Å². The summed E-state index contributed by atoms with van der Waals surface area (Å²) in [5.41, 5.74) is 2.81. The van der Waals surface area contributed by atoms with E-state index < -0.39 is 17.7 Å². The fraction of sp³-hybridized carbons (Fsp3) is 0.133. The molecule has 0 bridgehead atoms. The number of hydrogen-bond acceptors (Lipinski definition) is 6. The first-order valence-electron chi connectivity index (χ1n) is 11.9. The summed E-state index contributed by atoms with van der Waals surface area (Å²) >= 11 is 0. The van der Waals surface area contributed by atoms with Crippen LogP contribution in [0.2, 0.25) is 0 Å². The van der Waals surface area contributed by atoms with Gasteiger partial charge < -0.3 is 9.47 Å². The van der Waals surface area contributed by atoms with Gasteiger partial charge in [0.2, 0.25) is 0 Å². The zero-order valence-corrected chi connectivity index (χ0v) is 20.6. The van der Waals surface area contributed by atoms with Crippen LogP contribution in [0, 0.1) is 6.92 Å². The van der Waals surface area contributed by atoms with E-state index in [9.17, 15) is 14.4 Å². The molecule has 3 aromatic carbocycles. The maximum absolute atomic E-state index is 14.1. The molecule has 0 fully saturated rings. The van der Waals surface area contributed by atoms with Crippen LogP contribution in [0.4, 0.5) is 0 Å². The molecule has 2 aliphatic heterocycles. The van der Waals surface area contributed by atoms with Gasteiger partial charge in [0.25, 0.3) is 0 Å². The number of hydrogen-bond donors (Lipinski definition) is 0. The minimum absolute atomic E-state index is 0.0492. The lowest BCUT2D eigenvalue weighted by Gasteiger charge is -2.23. The minimum Gasteiger partial charge on any atom is -0.465 e. The molecule has 0 radical (unpaired) electrons. The number of rotatable bonds is 6. The van der Waals surface area contributed by atoms with Crippen molar-refractivity contribution in [2.45, 2.75) is 13.8 Å². The molecule has 0 unspecified atom stereocenters. The molecule has 0 saturated heterocycles. The van der Waals surface area contributed by atoms with Crippen molar-refractivity contribution in [3.8, 4) is 17.1 Å². The molecule has 0 aliphatic carbocycles. The summed E-state index contributed by atoms with van der Waals surface area (Å²) in [4.78, 5) is 45.9. The Bertz CT molecular complexity index is 1620. The maximum atomic E-state index is 14.1. The van der Waals surface area contributed by atoms with E-state index in [4.69, 9.17) is 14.5 Å². The van der Waals surface area contributed by atoms with Crippen molar-refractivity contribution >= 4 is 28.6 Å². The van der Waals surface area contributed by atoms with Crippen LogP contribution in [0.15, 0.2) is 78.9 Å². The molecule has 0 aromatic heterocycles. The second-order valence-electron chi connectivity index (χ2n) is 8.50. The van der Waals surface area contributed by atoms with Crippen molar-refractivity contribution in [2.75, 3.05) is 13.7 Å². The maximum Gasteiger partial charge on any atom is 0.356 e. The highest BCUT2D eigenvalue weighted by molar-refractivity contribution is 6.23. The van der Waals surface area contributed by atoms with Gasteiger partial charge in [0.05, 0.1) is 24.8 Å². The van der Waals surface area contributed by atoms with Crippen molar-refractivity contribution in [3.05, 3.63) is 107 Å². The summed E-state index contributed by atoms with van der Waals surface area (Å²) < 4.78 is 12.1. The van der Waals surface area contributed by atoms with Crippen molar-refractivity contribution in [1.29, 1.82) is 0 Å². The number of benzene rings is 3. The molecular weight excluding hydrogens is 468 g/mol. The lowest BCUT2D eigenvalue weighted by molar-refractivity contribution is 0.0493. The van der Waals surface area contributed by atoms with Gasteiger partial charge in [0.15, 0.2) is 5.78 Å². The van der Waals surface area contributed by atoms with Gasteiger partial charge in [-0.2, -0.15) is 0 Å². The van der Waals surface area contributed by atoms with Crippen LogP contribution in [-0.2, 0) is 9.47 Å².